The van der Waals surface area contributed by atoms with Gasteiger partial charge in [0.05, 0.1) is 41.4 Å². The van der Waals surface area contributed by atoms with Crippen molar-refractivity contribution in [2.24, 2.45) is 0 Å². The Morgan fingerprint density at radius 1 is 0.811 bits per heavy atom. The molecule has 0 spiro atoms. The predicted octanol–water partition coefficient (Wildman–Crippen LogP) is 7.32. The maximum absolute atomic E-state index is 14.0. The van der Waals surface area contributed by atoms with Gasteiger partial charge in [0.2, 0.25) is 0 Å². The molecule has 0 aliphatic rings. The van der Waals surface area contributed by atoms with Gasteiger partial charge in [0.1, 0.15) is 12.4 Å². The molecule has 0 aliphatic heterocycles. The van der Waals surface area contributed by atoms with E-state index in [0.717, 1.165) is 23.4 Å². The number of carbonyl (C=O) groups excluding carboxylic acids is 2. The Hall–Kier alpha value is -3.18. The molecule has 0 saturated heterocycles. The summed E-state index contributed by atoms with van der Waals surface area (Å²) < 4.78 is 46.8. The zero-order valence-corrected chi connectivity index (χ0v) is 21.9. The molecule has 0 aromatic heterocycles. The summed E-state index contributed by atoms with van der Waals surface area (Å²) in [7, 11) is 4.02. The summed E-state index contributed by atoms with van der Waals surface area (Å²) in [5.41, 5.74) is 1.03. The van der Waals surface area contributed by atoms with Crippen LogP contribution in [-0.2, 0) is 16.1 Å². The molecule has 0 unspecified atom stereocenters. The first kappa shape index (κ1) is 33.8. The van der Waals surface area contributed by atoms with Gasteiger partial charge in [-0.1, -0.05) is 27.0 Å². The van der Waals surface area contributed by atoms with E-state index in [-0.39, 0.29) is 42.8 Å². The molecule has 0 bridgehead atoms. The number of carbonyl (C=O) groups is 2. The first-order valence-corrected chi connectivity index (χ1v) is 11.3. The molecule has 0 amide bonds. The second-order valence-corrected chi connectivity index (χ2v) is 8.39. The first-order chi connectivity index (χ1) is 16.6. The molecule has 0 atom stereocenters. The van der Waals surface area contributed by atoms with Gasteiger partial charge in [-0.15, -0.1) is 0 Å². The third-order valence-electron chi connectivity index (χ3n) is 4.40. The Kier molecular flexibility index (Phi) is 14.5. The molecule has 3 rings (SSSR count). The van der Waals surface area contributed by atoms with Gasteiger partial charge in [-0.3, -0.25) is 0 Å². The van der Waals surface area contributed by atoms with Crippen LogP contribution in [0.25, 0.3) is 0 Å². The highest BCUT2D eigenvalue weighted by Gasteiger charge is 2.16. The van der Waals surface area contributed by atoms with Crippen LogP contribution in [-0.4, -0.2) is 38.4 Å². The smallest absolute Gasteiger partial charge is 0.337 e. The van der Waals surface area contributed by atoms with Crippen molar-refractivity contribution >= 4 is 43.8 Å². The Morgan fingerprint density at radius 2 is 1.30 bits per heavy atom. The van der Waals surface area contributed by atoms with Crippen LogP contribution in [0.1, 0.15) is 41.1 Å². The van der Waals surface area contributed by atoms with Crippen LogP contribution in [0, 0.1) is 11.6 Å². The van der Waals surface area contributed by atoms with Crippen molar-refractivity contribution in [3.63, 3.8) is 0 Å². The van der Waals surface area contributed by atoms with E-state index in [4.69, 9.17) is 14.6 Å². The van der Waals surface area contributed by atoms with E-state index in [1.165, 1.54) is 26.4 Å². The highest BCUT2D eigenvalue weighted by Crippen LogP contribution is 2.31. The number of ether oxygens (including phenoxy) is 4. The number of esters is 2. The van der Waals surface area contributed by atoms with Crippen LogP contribution in [0.3, 0.4) is 0 Å². The Balaban J connectivity index is 0.000000747. The van der Waals surface area contributed by atoms with Crippen molar-refractivity contribution in [2.75, 3.05) is 21.3 Å². The van der Waals surface area contributed by atoms with Crippen LogP contribution in [0.5, 0.6) is 17.2 Å². The summed E-state index contributed by atoms with van der Waals surface area (Å²) in [6.07, 6.45) is 0. The molecule has 37 heavy (non-hydrogen) atoms. The third-order valence-corrected chi connectivity index (χ3v) is 5.59. The van der Waals surface area contributed by atoms with Gasteiger partial charge < -0.3 is 24.1 Å². The largest absolute Gasteiger partial charge is 0.504 e. The van der Waals surface area contributed by atoms with Crippen molar-refractivity contribution in [2.45, 2.75) is 21.5 Å². The number of phenolic OH excluding ortho intramolecular Hbond substituents is 1. The Labute approximate surface area is 231 Å². The maximum atomic E-state index is 14.0. The van der Waals surface area contributed by atoms with Crippen LogP contribution in [0.15, 0.2) is 57.5 Å². The number of aromatic hydroxyl groups is 1. The van der Waals surface area contributed by atoms with Crippen molar-refractivity contribution in [3.05, 3.63) is 85.8 Å². The second kappa shape index (κ2) is 15.8. The summed E-state index contributed by atoms with van der Waals surface area (Å²) in [4.78, 5) is 22.3. The van der Waals surface area contributed by atoms with Gasteiger partial charge in [0.15, 0.2) is 23.1 Å². The summed E-state index contributed by atoms with van der Waals surface area (Å²) in [5.74, 6) is -2.51. The highest BCUT2D eigenvalue weighted by molar-refractivity contribution is 9.10. The number of phenols is 1. The minimum Gasteiger partial charge on any atom is -0.504 e. The minimum atomic E-state index is -0.866. The lowest BCUT2D eigenvalue weighted by molar-refractivity contribution is 0.0591. The SMILES string of the molecule is C.C.COC(=O)c1cc(F)c(O)c(Br)c1.COC(=O)c1cc(F)c(OCc2ccc(OC)cc2)c(Br)c1. The summed E-state index contributed by atoms with van der Waals surface area (Å²) >= 11 is 6.10. The number of hydrogen-bond donors (Lipinski definition) is 1. The van der Waals surface area contributed by atoms with Gasteiger partial charge in [0, 0.05) is 0 Å². The average molecular weight is 650 g/mol. The molecule has 0 heterocycles. The molecule has 11 heteroatoms. The van der Waals surface area contributed by atoms with Gasteiger partial charge in [0.25, 0.3) is 0 Å². The number of methoxy groups -OCH3 is 3. The van der Waals surface area contributed by atoms with Gasteiger partial charge in [-0.05, 0) is 73.8 Å². The Morgan fingerprint density at radius 3 is 1.73 bits per heavy atom. The fraction of sp³-hybridized carbons (Fsp3) is 0.231. The third kappa shape index (κ3) is 9.32. The predicted molar refractivity (Wildman–Crippen MR) is 143 cm³/mol. The van der Waals surface area contributed by atoms with Crippen LogP contribution >= 0.6 is 31.9 Å². The number of benzene rings is 3. The van der Waals surface area contributed by atoms with E-state index < -0.39 is 29.3 Å². The standard InChI is InChI=1S/C16H14BrFO4.C8H6BrFO3.2CH4/c1-20-12-5-3-10(4-6-12)9-22-15-13(17)7-11(8-14(15)18)16(19)21-2;1-13-8(12)4-2-5(9)7(11)6(10)3-4;;/h3-8H,9H2,1-2H3;2-3,11H,1H3;2*1H4. The molecule has 0 fully saturated rings. The van der Waals surface area contributed by atoms with Gasteiger partial charge >= 0.3 is 11.9 Å². The zero-order chi connectivity index (χ0) is 26.1. The van der Waals surface area contributed by atoms with Gasteiger partial charge in [-0.2, -0.15) is 0 Å². The topological polar surface area (TPSA) is 91.3 Å². The first-order valence-electron chi connectivity index (χ1n) is 9.70. The number of rotatable bonds is 6. The van der Waals surface area contributed by atoms with Crippen molar-refractivity contribution < 1.29 is 42.4 Å². The van der Waals surface area contributed by atoms with E-state index in [1.807, 2.05) is 12.1 Å². The molecule has 0 saturated carbocycles. The monoisotopic (exact) mass is 648 g/mol. The van der Waals surface area contributed by atoms with Crippen molar-refractivity contribution in [3.8, 4) is 17.2 Å². The fourth-order valence-electron chi connectivity index (χ4n) is 2.61. The quantitative estimate of drug-likeness (QED) is 0.280. The molecule has 0 radical (unpaired) electrons. The number of halogens is 4. The molecule has 7 nitrogen and oxygen atoms in total. The maximum Gasteiger partial charge on any atom is 0.337 e. The summed E-state index contributed by atoms with van der Waals surface area (Å²) in [5, 5.41) is 9.01. The van der Waals surface area contributed by atoms with E-state index >= 15 is 0 Å². The molecule has 3 aromatic rings. The normalized spacial score (nSPS) is 9.49. The van der Waals surface area contributed by atoms with E-state index in [2.05, 4.69) is 41.3 Å². The number of hydrogen-bond acceptors (Lipinski definition) is 7. The van der Waals surface area contributed by atoms with Crippen molar-refractivity contribution in [1.82, 2.24) is 0 Å². The van der Waals surface area contributed by atoms with E-state index in [9.17, 15) is 18.4 Å². The van der Waals surface area contributed by atoms with Crippen LogP contribution in [0.4, 0.5) is 8.78 Å². The van der Waals surface area contributed by atoms with E-state index in [0.29, 0.717) is 4.47 Å². The van der Waals surface area contributed by atoms with E-state index in [1.54, 1.807) is 19.2 Å². The second-order valence-electron chi connectivity index (χ2n) is 6.68. The lowest BCUT2D eigenvalue weighted by Gasteiger charge is -2.11. The zero-order valence-electron chi connectivity index (χ0n) is 18.7. The summed E-state index contributed by atoms with van der Waals surface area (Å²) in [6.45, 7) is 0.192. The lowest BCUT2D eigenvalue weighted by Crippen LogP contribution is -2.04. The Bertz CT molecular complexity index is 1160. The minimum absolute atomic E-state index is 0. The lowest BCUT2D eigenvalue weighted by atomic mass is 10.2. The molecule has 1 N–H and O–H groups in total. The van der Waals surface area contributed by atoms with Crippen molar-refractivity contribution in [1.29, 1.82) is 0 Å². The van der Waals surface area contributed by atoms with Crippen LogP contribution in [0.2, 0.25) is 0 Å². The molecular weight excluding hydrogens is 622 g/mol. The molecule has 0 aliphatic carbocycles. The molecular formula is C26H28Br2F2O7. The van der Waals surface area contributed by atoms with Gasteiger partial charge in [-0.25, -0.2) is 18.4 Å². The van der Waals surface area contributed by atoms with Crippen LogP contribution < -0.4 is 9.47 Å². The highest BCUT2D eigenvalue weighted by atomic mass is 79.9. The molecule has 202 valence electrons. The summed E-state index contributed by atoms with van der Waals surface area (Å²) in [6, 6.07) is 12.0. The molecule has 3 aromatic carbocycles. The fourth-order valence-corrected chi connectivity index (χ4v) is 3.60. The average Bonchev–Trinajstić information content (AvgIpc) is 2.86.